The van der Waals surface area contributed by atoms with Crippen molar-refractivity contribution in [2.24, 2.45) is 5.41 Å². The maximum absolute atomic E-state index is 12.1. The Balaban J connectivity index is 2.07. The predicted molar refractivity (Wildman–Crippen MR) is 76.7 cm³/mol. The first-order valence-corrected chi connectivity index (χ1v) is 6.76. The maximum atomic E-state index is 12.1. The van der Waals surface area contributed by atoms with Gasteiger partial charge in [-0.25, -0.2) is 0 Å². The van der Waals surface area contributed by atoms with Crippen LogP contribution in [-0.4, -0.2) is 31.2 Å². The van der Waals surface area contributed by atoms with Gasteiger partial charge < -0.3 is 19.9 Å². The lowest BCUT2D eigenvalue weighted by Gasteiger charge is -2.36. The standard InChI is InChI=1S/C15H19NO5/c1-20-10-4-5-11(12(8-10)21-2)16-13(17)9-15(14(18)19)6-3-7-15/h4-5,8H,3,6-7,9H2,1-2H3,(H,16,17)(H,18,19). The molecule has 6 heteroatoms. The second-order valence-electron chi connectivity index (χ2n) is 5.23. The van der Waals surface area contributed by atoms with Gasteiger partial charge >= 0.3 is 5.97 Å². The molecule has 1 aromatic carbocycles. The van der Waals surface area contributed by atoms with E-state index in [4.69, 9.17) is 9.47 Å². The molecule has 1 aliphatic carbocycles. The van der Waals surface area contributed by atoms with E-state index in [-0.39, 0.29) is 12.3 Å². The van der Waals surface area contributed by atoms with Crippen LogP contribution in [0.2, 0.25) is 0 Å². The quantitative estimate of drug-likeness (QED) is 0.840. The molecule has 2 N–H and O–H groups in total. The Bertz CT molecular complexity index is 551. The number of benzene rings is 1. The SMILES string of the molecule is COc1ccc(NC(=O)CC2(C(=O)O)CCC2)c(OC)c1. The van der Waals surface area contributed by atoms with Crippen LogP contribution in [0.15, 0.2) is 18.2 Å². The first-order chi connectivity index (χ1) is 10.0. The minimum absolute atomic E-state index is 0.0164. The van der Waals surface area contributed by atoms with Crippen molar-refractivity contribution in [3.05, 3.63) is 18.2 Å². The molecule has 6 nitrogen and oxygen atoms in total. The molecule has 0 radical (unpaired) electrons. The van der Waals surface area contributed by atoms with Crippen molar-refractivity contribution in [2.45, 2.75) is 25.7 Å². The molecular weight excluding hydrogens is 274 g/mol. The molecule has 0 atom stereocenters. The fourth-order valence-electron chi connectivity index (χ4n) is 2.47. The van der Waals surface area contributed by atoms with Gasteiger partial charge in [-0.3, -0.25) is 9.59 Å². The Morgan fingerprint density at radius 3 is 2.48 bits per heavy atom. The van der Waals surface area contributed by atoms with Crippen molar-refractivity contribution in [1.82, 2.24) is 0 Å². The monoisotopic (exact) mass is 293 g/mol. The Kier molecular flexibility index (Phi) is 4.35. The highest BCUT2D eigenvalue weighted by atomic mass is 16.5. The Morgan fingerprint density at radius 1 is 1.29 bits per heavy atom. The average molecular weight is 293 g/mol. The number of nitrogens with one attached hydrogen (secondary N) is 1. The van der Waals surface area contributed by atoms with Crippen molar-refractivity contribution in [2.75, 3.05) is 19.5 Å². The number of hydrogen-bond acceptors (Lipinski definition) is 4. The first-order valence-electron chi connectivity index (χ1n) is 6.76. The zero-order chi connectivity index (χ0) is 15.5. The number of ether oxygens (including phenoxy) is 2. The summed E-state index contributed by atoms with van der Waals surface area (Å²) < 4.78 is 10.3. The van der Waals surface area contributed by atoms with Crippen LogP contribution in [0.3, 0.4) is 0 Å². The number of hydrogen-bond donors (Lipinski definition) is 2. The van der Waals surface area contributed by atoms with E-state index in [9.17, 15) is 14.7 Å². The third-order valence-corrected chi connectivity index (χ3v) is 3.95. The lowest BCUT2D eigenvalue weighted by atomic mass is 9.66. The molecule has 0 aliphatic heterocycles. The smallest absolute Gasteiger partial charge is 0.310 e. The summed E-state index contributed by atoms with van der Waals surface area (Å²) in [6.45, 7) is 0. The molecule has 1 aliphatic rings. The molecule has 0 bridgehead atoms. The van der Waals surface area contributed by atoms with Crippen LogP contribution >= 0.6 is 0 Å². The van der Waals surface area contributed by atoms with Crippen LogP contribution in [0.4, 0.5) is 5.69 Å². The molecule has 0 aromatic heterocycles. The third-order valence-electron chi connectivity index (χ3n) is 3.95. The van der Waals surface area contributed by atoms with Crippen LogP contribution in [0.5, 0.6) is 11.5 Å². The van der Waals surface area contributed by atoms with Gasteiger partial charge in [-0.15, -0.1) is 0 Å². The maximum Gasteiger partial charge on any atom is 0.310 e. The topological polar surface area (TPSA) is 84.9 Å². The highest BCUT2D eigenvalue weighted by Gasteiger charge is 2.45. The minimum Gasteiger partial charge on any atom is -0.497 e. The Morgan fingerprint density at radius 2 is 2.00 bits per heavy atom. The van der Waals surface area contributed by atoms with Gasteiger partial charge in [-0.2, -0.15) is 0 Å². The van der Waals surface area contributed by atoms with Gasteiger partial charge in [0.1, 0.15) is 11.5 Å². The minimum atomic E-state index is -0.899. The number of carboxylic acids is 1. The number of methoxy groups -OCH3 is 2. The first kappa shape index (κ1) is 15.2. The molecule has 1 saturated carbocycles. The van der Waals surface area contributed by atoms with E-state index < -0.39 is 11.4 Å². The van der Waals surface area contributed by atoms with Crippen LogP contribution in [0.25, 0.3) is 0 Å². The van der Waals surface area contributed by atoms with Gasteiger partial charge in [0.15, 0.2) is 0 Å². The van der Waals surface area contributed by atoms with E-state index in [1.807, 2.05) is 0 Å². The van der Waals surface area contributed by atoms with Crippen LogP contribution < -0.4 is 14.8 Å². The molecular formula is C15H19NO5. The van der Waals surface area contributed by atoms with Crippen molar-refractivity contribution >= 4 is 17.6 Å². The number of anilines is 1. The van der Waals surface area contributed by atoms with Crippen LogP contribution in [0, 0.1) is 5.41 Å². The molecule has 1 fully saturated rings. The Hall–Kier alpha value is -2.24. The molecule has 0 saturated heterocycles. The van der Waals surface area contributed by atoms with Gasteiger partial charge in [0.05, 0.1) is 25.3 Å². The van der Waals surface area contributed by atoms with Crippen molar-refractivity contribution in [1.29, 1.82) is 0 Å². The normalized spacial score (nSPS) is 15.7. The highest BCUT2D eigenvalue weighted by molar-refractivity contribution is 5.95. The molecule has 21 heavy (non-hydrogen) atoms. The average Bonchev–Trinajstić information content (AvgIpc) is 2.42. The lowest BCUT2D eigenvalue weighted by Crippen LogP contribution is -2.41. The van der Waals surface area contributed by atoms with Crippen LogP contribution in [0.1, 0.15) is 25.7 Å². The van der Waals surface area contributed by atoms with Gasteiger partial charge in [-0.1, -0.05) is 6.42 Å². The zero-order valence-corrected chi connectivity index (χ0v) is 12.1. The zero-order valence-electron chi connectivity index (χ0n) is 12.1. The van der Waals surface area contributed by atoms with E-state index in [0.29, 0.717) is 30.0 Å². The van der Waals surface area contributed by atoms with Crippen molar-refractivity contribution in [3.8, 4) is 11.5 Å². The van der Waals surface area contributed by atoms with E-state index in [0.717, 1.165) is 6.42 Å². The molecule has 114 valence electrons. The van der Waals surface area contributed by atoms with E-state index in [1.165, 1.54) is 7.11 Å². The fraction of sp³-hybridized carbons (Fsp3) is 0.467. The summed E-state index contributed by atoms with van der Waals surface area (Å²) in [6, 6.07) is 5.03. The second kappa shape index (κ2) is 6.03. The van der Waals surface area contributed by atoms with Gasteiger partial charge in [0.25, 0.3) is 0 Å². The molecule has 1 aromatic rings. The number of carboxylic acid groups (broad SMARTS) is 1. The Labute approximate surface area is 123 Å². The molecule has 0 heterocycles. The van der Waals surface area contributed by atoms with Gasteiger partial charge in [0, 0.05) is 12.5 Å². The molecule has 2 rings (SSSR count). The van der Waals surface area contributed by atoms with Gasteiger partial charge in [-0.05, 0) is 25.0 Å². The van der Waals surface area contributed by atoms with Crippen molar-refractivity contribution in [3.63, 3.8) is 0 Å². The summed E-state index contributed by atoms with van der Waals surface area (Å²) in [5.74, 6) is -0.127. The number of carbonyl (C=O) groups is 2. The van der Waals surface area contributed by atoms with Gasteiger partial charge in [0.2, 0.25) is 5.91 Å². The lowest BCUT2D eigenvalue weighted by molar-refractivity contribution is -0.157. The third kappa shape index (κ3) is 3.09. The van der Waals surface area contributed by atoms with Crippen LogP contribution in [-0.2, 0) is 9.59 Å². The number of rotatable bonds is 6. The predicted octanol–water partition coefficient (Wildman–Crippen LogP) is 2.29. The molecule has 1 amide bonds. The van der Waals surface area contributed by atoms with E-state index in [2.05, 4.69) is 5.32 Å². The summed E-state index contributed by atoms with van der Waals surface area (Å²) in [4.78, 5) is 23.4. The summed E-state index contributed by atoms with van der Waals surface area (Å²) in [6.07, 6.45) is 1.94. The summed E-state index contributed by atoms with van der Waals surface area (Å²) >= 11 is 0. The summed E-state index contributed by atoms with van der Waals surface area (Å²) in [5, 5.41) is 12.0. The molecule has 0 unspecified atom stereocenters. The summed E-state index contributed by atoms with van der Waals surface area (Å²) in [7, 11) is 3.04. The molecule has 0 spiro atoms. The highest BCUT2D eigenvalue weighted by Crippen LogP contribution is 2.44. The second-order valence-corrected chi connectivity index (χ2v) is 5.23. The van der Waals surface area contributed by atoms with E-state index >= 15 is 0 Å². The summed E-state index contributed by atoms with van der Waals surface area (Å²) in [5.41, 5.74) is -0.396. The van der Waals surface area contributed by atoms with E-state index in [1.54, 1.807) is 25.3 Å². The van der Waals surface area contributed by atoms with Crippen molar-refractivity contribution < 1.29 is 24.2 Å². The number of amides is 1. The number of carbonyl (C=O) groups excluding carboxylic acids is 1. The number of aliphatic carboxylic acids is 1. The largest absolute Gasteiger partial charge is 0.497 e. The fourth-order valence-corrected chi connectivity index (χ4v) is 2.47.